The summed E-state index contributed by atoms with van der Waals surface area (Å²) in [6.45, 7) is 0.733. The van der Waals surface area contributed by atoms with Gasteiger partial charge in [-0.25, -0.2) is 9.38 Å². The van der Waals surface area contributed by atoms with Crippen molar-refractivity contribution < 1.29 is 37.1 Å². The molecule has 11 nitrogen and oxygen atoms in total. The number of nitrogens with one attached hydrogen (secondary N) is 5. The van der Waals surface area contributed by atoms with Crippen LogP contribution in [0.5, 0.6) is 0 Å². The van der Waals surface area contributed by atoms with Crippen LogP contribution in [0, 0.1) is 6.92 Å². The first kappa shape index (κ1) is 28.3. The van der Waals surface area contributed by atoms with Crippen LogP contribution in [0.3, 0.4) is 0 Å². The molecule has 0 fully saturated rings. The van der Waals surface area contributed by atoms with Crippen molar-refractivity contribution in [3.63, 3.8) is 0 Å². The van der Waals surface area contributed by atoms with Crippen LogP contribution in [0.1, 0.15) is 39.5 Å². The molecule has 2 atom stereocenters. The van der Waals surface area contributed by atoms with Gasteiger partial charge in [-0.2, -0.15) is 18.3 Å². The third-order valence-electron chi connectivity index (χ3n) is 6.11. The van der Waals surface area contributed by atoms with Crippen molar-refractivity contribution in [2.75, 3.05) is 25.0 Å². The van der Waals surface area contributed by atoms with Crippen molar-refractivity contribution in [1.82, 2.24) is 26.1 Å². The number of aryl methyl sites for hydroxylation is 1. The van der Waals surface area contributed by atoms with E-state index in [1.807, 2.05) is 0 Å². The summed E-state index contributed by atoms with van der Waals surface area (Å²) in [4.78, 5) is 40.9. The molecule has 1 aromatic heterocycles. The first-order valence-electron chi connectivity index (χ1n) is 12.0. The van der Waals surface area contributed by atoms with Crippen LogP contribution in [-0.2, 0) is 15.8 Å². The maximum Gasteiger partial charge on any atom is 0.416 e. The van der Waals surface area contributed by atoms with Gasteiger partial charge in [0, 0.05) is 10.9 Å². The van der Waals surface area contributed by atoms with E-state index in [2.05, 4.69) is 36.5 Å². The molecule has 0 saturated carbocycles. The number of amides is 2. The molecule has 2 aromatic carbocycles. The number of hydrogen-bond donors (Lipinski definition) is 6. The quantitative estimate of drug-likeness (QED) is 0.230. The Hall–Kier alpha value is -4.69. The number of hydrogen-bond acceptors (Lipinski definition) is 7. The highest BCUT2D eigenvalue weighted by Crippen LogP contribution is 2.34. The lowest BCUT2D eigenvalue weighted by molar-refractivity contribution is -0.138. The zero-order chi connectivity index (χ0) is 29.0. The average Bonchev–Trinajstić information content (AvgIpc) is 3.37. The monoisotopic (exact) mass is 563 g/mol. The minimum Gasteiger partial charge on any atom is -0.481 e. The SMILES string of the molecule is Cc1ccc([C@H](CC(=O)O)NC(=O)CNC(=O)c2cc(NC3=NCC(F)CN3)c3cn[nH]c3c2)cc1C(F)(F)F. The molecule has 3 aromatic rings. The van der Waals surface area contributed by atoms with Crippen molar-refractivity contribution in [2.24, 2.45) is 4.99 Å². The van der Waals surface area contributed by atoms with E-state index in [0.717, 1.165) is 6.07 Å². The number of anilines is 1. The minimum atomic E-state index is -4.66. The van der Waals surface area contributed by atoms with Gasteiger partial charge < -0.3 is 26.4 Å². The molecule has 0 aliphatic carbocycles. The van der Waals surface area contributed by atoms with Crippen molar-refractivity contribution in [3.8, 4) is 0 Å². The second-order valence-corrected chi connectivity index (χ2v) is 9.12. The lowest BCUT2D eigenvalue weighted by Crippen LogP contribution is -2.41. The average molecular weight is 564 g/mol. The third-order valence-corrected chi connectivity index (χ3v) is 6.11. The fraction of sp³-hybridized carbons (Fsp3) is 0.320. The second kappa shape index (κ2) is 11.6. The molecule has 2 amide bonds. The Morgan fingerprint density at radius 2 is 1.98 bits per heavy atom. The van der Waals surface area contributed by atoms with Crippen LogP contribution in [0.4, 0.5) is 23.2 Å². The number of H-pyrrole nitrogens is 1. The van der Waals surface area contributed by atoms with E-state index in [0.29, 0.717) is 22.5 Å². The third kappa shape index (κ3) is 6.84. The topological polar surface area (TPSA) is 161 Å². The number of halogens is 4. The maximum absolute atomic E-state index is 13.4. The lowest BCUT2D eigenvalue weighted by atomic mass is 9.98. The molecule has 0 bridgehead atoms. The van der Waals surface area contributed by atoms with Crippen LogP contribution in [0.25, 0.3) is 10.9 Å². The summed E-state index contributed by atoms with van der Waals surface area (Å²) < 4.78 is 53.4. The van der Waals surface area contributed by atoms with E-state index in [9.17, 15) is 37.1 Å². The standard InChI is InChI=1S/C25H25F4N7O4/c1-12-2-3-13(4-17(12)25(27,28)29)18(7-22(38)39)34-21(37)11-30-23(40)14-5-19(16-10-33-36-20(16)6-14)35-24-31-8-15(26)9-32-24/h2-6,10,15,18H,7-9,11H2,1H3,(H,30,40)(H,33,36)(H,34,37)(H,38,39)(H2,31,32,35)/t18-/m0/s1. The number of rotatable bonds is 8. The van der Waals surface area contributed by atoms with E-state index >= 15 is 0 Å². The highest BCUT2D eigenvalue weighted by Gasteiger charge is 2.33. The summed E-state index contributed by atoms with van der Waals surface area (Å²) in [6, 6.07) is 5.01. The zero-order valence-corrected chi connectivity index (χ0v) is 21.0. The summed E-state index contributed by atoms with van der Waals surface area (Å²) in [5.74, 6) is -2.50. The molecule has 2 heterocycles. The van der Waals surface area contributed by atoms with Crippen molar-refractivity contribution in [2.45, 2.75) is 31.7 Å². The number of alkyl halides is 4. The molecule has 6 N–H and O–H groups in total. The number of carbonyl (C=O) groups is 3. The molecule has 15 heteroatoms. The molecule has 4 rings (SSSR count). The van der Waals surface area contributed by atoms with Crippen LogP contribution in [0.2, 0.25) is 0 Å². The number of carboxylic acids is 1. The largest absolute Gasteiger partial charge is 0.481 e. The fourth-order valence-electron chi connectivity index (χ4n) is 4.11. The van der Waals surface area contributed by atoms with Gasteiger partial charge in [0.25, 0.3) is 5.91 Å². The number of carboxylic acid groups (broad SMARTS) is 1. The summed E-state index contributed by atoms with van der Waals surface area (Å²) in [5, 5.41) is 27.1. The highest BCUT2D eigenvalue weighted by atomic mass is 19.4. The summed E-state index contributed by atoms with van der Waals surface area (Å²) >= 11 is 0. The van der Waals surface area contributed by atoms with Crippen molar-refractivity contribution in [3.05, 3.63) is 58.8 Å². The number of guanidine groups is 1. The Bertz CT molecular complexity index is 1470. The van der Waals surface area contributed by atoms with Gasteiger partial charge in [-0.05, 0) is 36.2 Å². The number of aliphatic imine (C=N–C) groups is 1. The van der Waals surface area contributed by atoms with Crippen LogP contribution in [0.15, 0.2) is 41.5 Å². The number of carbonyl (C=O) groups excluding carboxylic acids is 2. The number of fused-ring (bicyclic) bond motifs is 1. The molecule has 212 valence electrons. The van der Waals surface area contributed by atoms with E-state index in [1.165, 1.54) is 37.4 Å². The van der Waals surface area contributed by atoms with Crippen LogP contribution >= 0.6 is 0 Å². The molecule has 0 saturated heterocycles. The molecule has 40 heavy (non-hydrogen) atoms. The number of aliphatic carboxylic acids is 1. The maximum atomic E-state index is 13.4. The predicted molar refractivity (Wildman–Crippen MR) is 137 cm³/mol. The summed E-state index contributed by atoms with van der Waals surface area (Å²) in [7, 11) is 0. The molecule has 0 spiro atoms. The molecule has 0 radical (unpaired) electrons. The van der Waals surface area contributed by atoms with Gasteiger partial charge in [0.2, 0.25) is 5.91 Å². The van der Waals surface area contributed by atoms with Crippen molar-refractivity contribution in [1.29, 1.82) is 0 Å². The Labute approximate surface area is 224 Å². The van der Waals surface area contributed by atoms with Gasteiger partial charge in [0.1, 0.15) is 6.17 Å². The molecule has 1 aliphatic heterocycles. The zero-order valence-electron chi connectivity index (χ0n) is 21.0. The predicted octanol–water partition coefficient (Wildman–Crippen LogP) is 2.66. The van der Waals surface area contributed by atoms with Gasteiger partial charge in [-0.1, -0.05) is 12.1 Å². The lowest BCUT2D eigenvalue weighted by Gasteiger charge is -2.20. The Morgan fingerprint density at radius 1 is 1.20 bits per heavy atom. The minimum absolute atomic E-state index is 0.0257. The van der Waals surface area contributed by atoms with Gasteiger partial charge >= 0.3 is 12.1 Å². The van der Waals surface area contributed by atoms with E-state index in [-0.39, 0.29) is 29.8 Å². The van der Waals surface area contributed by atoms with Gasteiger partial charge in [0.05, 0.1) is 55.1 Å². The Morgan fingerprint density at radius 3 is 2.65 bits per heavy atom. The molecular formula is C25H25F4N7O4. The van der Waals surface area contributed by atoms with Gasteiger partial charge in [-0.15, -0.1) is 0 Å². The first-order chi connectivity index (χ1) is 18.9. The molecule has 1 aliphatic rings. The number of aromatic amines is 1. The number of benzene rings is 2. The van der Waals surface area contributed by atoms with Gasteiger partial charge in [-0.3, -0.25) is 19.5 Å². The Balaban J connectivity index is 1.46. The fourth-order valence-corrected chi connectivity index (χ4v) is 4.11. The normalized spacial score (nSPS) is 16.0. The summed E-state index contributed by atoms with van der Waals surface area (Å²) in [6.07, 6.45) is -4.93. The van der Waals surface area contributed by atoms with E-state index in [1.54, 1.807) is 0 Å². The van der Waals surface area contributed by atoms with Gasteiger partial charge in [0.15, 0.2) is 5.96 Å². The number of aromatic nitrogens is 2. The second-order valence-electron chi connectivity index (χ2n) is 9.12. The van der Waals surface area contributed by atoms with E-state index < -0.39 is 54.7 Å². The number of nitrogens with zero attached hydrogens (tertiary/aromatic N) is 2. The first-order valence-corrected chi connectivity index (χ1v) is 12.0. The van der Waals surface area contributed by atoms with Crippen LogP contribution < -0.4 is 21.3 Å². The van der Waals surface area contributed by atoms with Crippen molar-refractivity contribution >= 4 is 40.3 Å². The van der Waals surface area contributed by atoms with Crippen LogP contribution in [-0.4, -0.2) is 64.9 Å². The molecular weight excluding hydrogens is 538 g/mol. The molecule has 1 unspecified atom stereocenters. The Kier molecular flexibility index (Phi) is 8.21. The van der Waals surface area contributed by atoms with E-state index in [4.69, 9.17) is 0 Å². The summed E-state index contributed by atoms with van der Waals surface area (Å²) in [5.41, 5.74) is 0.0120. The highest BCUT2D eigenvalue weighted by molar-refractivity contribution is 6.07. The smallest absolute Gasteiger partial charge is 0.416 e.